The third-order valence-corrected chi connectivity index (χ3v) is 4.50. The van der Waals surface area contributed by atoms with Crippen LogP contribution in [0.3, 0.4) is 0 Å². The van der Waals surface area contributed by atoms with Crippen molar-refractivity contribution in [2.75, 3.05) is 0 Å². The Balaban J connectivity index is 1.45. The third kappa shape index (κ3) is 4.78. The van der Waals surface area contributed by atoms with Crippen molar-refractivity contribution in [1.29, 1.82) is 0 Å². The molecule has 7 heteroatoms. The maximum atomic E-state index is 12.0. The van der Waals surface area contributed by atoms with Gasteiger partial charge in [0, 0.05) is 17.0 Å². The summed E-state index contributed by atoms with van der Waals surface area (Å²) >= 11 is 7.29. The maximum Gasteiger partial charge on any atom is 0.306 e. The minimum absolute atomic E-state index is 0.0110. The van der Waals surface area contributed by atoms with Crippen LogP contribution in [0.4, 0.5) is 0 Å². The number of carbonyl (C=O) groups is 2. The molecule has 25 heavy (non-hydrogen) atoms. The molecule has 0 amide bonds. The fourth-order valence-electron chi connectivity index (χ4n) is 2.11. The standard InChI is InChI=1S/C18H14ClNO4S/c19-13-5-3-12(4-6-13)15(21)7-8-17(22)23-10-14-11-24-18(20-14)16-2-1-9-25-16/h1-6,9,11H,7-8,10H2. The molecule has 0 atom stereocenters. The van der Waals surface area contributed by atoms with Crippen molar-refractivity contribution < 1.29 is 18.7 Å². The first-order chi connectivity index (χ1) is 12.1. The molecule has 0 radical (unpaired) electrons. The zero-order valence-electron chi connectivity index (χ0n) is 13.1. The first-order valence-corrected chi connectivity index (χ1v) is 8.80. The Kier molecular flexibility index (Phi) is 5.63. The van der Waals surface area contributed by atoms with Crippen molar-refractivity contribution in [3.05, 3.63) is 64.3 Å². The normalized spacial score (nSPS) is 10.6. The minimum atomic E-state index is -0.456. The maximum absolute atomic E-state index is 12.0. The number of oxazole rings is 1. The fourth-order valence-corrected chi connectivity index (χ4v) is 2.89. The summed E-state index contributed by atoms with van der Waals surface area (Å²) in [6.45, 7) is 0.0167. The predicted octanol–water partition coefficient (Wildman–Crippen LogP) is 4.76. The monoisotopic (exact) mass is 375 g/mol. The van der Waals surface area contributed by atoms with Crippen LogP contribution in [-0.2, 0) is 16.1 Å². The summed E-state index contributed by atoms with van der Waals surface area (Å²) in [5.41, 5.74) is 1.05. The van der Waals surface area contributed by atoms with Gasteiger partial charge in [-0.25, -0.2) is 4.98 Å². The highest BCUT2D eigenvalue weighted by Crippen LogP contribution is 2.23. The number of benzene rings is 1. The van der Waals surface area contributed by atoms with Crippen molar-refractivity contribution in [1.82, 2.24) is 4.98 Å². The third-order valence-electron chi connectivity index (χ3n) is 3.39. The summed E-state index contributed by atoms with van der Waals surface area (Å²) < 4.78 is 10.5. The van der Waals surface area contributed by atoms with Crippen molar-refractivity contribution in [2.45, 2.75) is 19.4 Å². The van der Waals surface area contributed by atoms with E-state index in [4.69, 9.17) is 20.8 Å². The van der Waals surface area contributed by atoms with Gasteiger partial charge in [0.25, 0.3) is 0 Å². The number of hydrogen-bond donors (Lipinski definition) is 0. The second-order valence-corrected chi connectivity index (χ2v) is 6.60. The van der Waals surface area contributed by atoms with E-state index in [0.717, 1.165) is 4.88 Å². The van der Waals surface area contributed by atoms with Gasteiger partial charge in [-0.1, -0.05) is 17.7 Å². The summed E-state index contributed by atoms with van der Waals surface area (Å²) in [6.07, 6.45) is 1.55. The lowest BCUT2D eigenvalue weighted by atomic mass is 10.1. The molecule has 0 saturated carbocycles. The highest BCUT2D eigenvalue weighted by Gasteiger charge is 2.12. The molecule has 0 aliphatic rings. The van der Waals surface area contributed by atoms with Crippen LogP contribution in [0, 0.1) is 0 Å². The van der Waals surface area contributed by atoms with Crippen LogP contribution in [0.25, 0.3) is 10.8 Å². The number of rotatable bonds is 7. The van der Waals surface area contributed by atoms with E-state index >= 15 is 0 Å². The van der Waals surface area contributed by atoms with E-state index in [1.54, 1.807) is 24.3 Å². The van der Waals surface area contributed by atoms with Gasteiger partial charge in [0.1, 0.15) is 18.6 Å². The van der Waals surface area contributed by atoms with Gasteiger partial charge in [0.05, 0.1) is 11.3 Å². The molecule has 2 aromatic heterocycles. The predicted molar refractivity (Wildman–Crippen MR) is 94.6 cm³/mol. The molecule has 0 saturated heterocycles. The number of hydrogen-bond acceptors (Lipinski definition) is 6. The van der Waals surface area contributed by atoms with Gasteiger partial charge in [-0.15, -0.1) is 11.3 Å². The molecule has 3 rings (SSSR count). The van der Waals surface area contributed by atoms with Crippen LogP contribution in [-0.4, -0.2) is 16.7 Å². The number of Topliss-reactive ketones (excluding diaryl/α,β-unsaturated/α-hetero) is 1. The number of nitrogens with zero attached hydrogens (tertiary/aromatic N) is 1. The molecule has 128 valence electrons. The number of thiophene rings is 1. The van der Waals surface area contributed by atoms with Gasteiger partial charge in [-0.3, -0.25) is 9.59 Å². The van der Waals surface area contributed by atoms with E-state index in [0.29, 0.717) is 22.2 Å². The molecule has 0 bridgehead atoms. The molecule has 1 aromatic carbocycles. The molecule has 0 aliphatic heterocycles. The molecule has 3 aromatic rings. The van der Waals surface area contributed by atoms with E-state index in [-0.39, 0.29) is 25.2 Å². The second kappa shape index (κ2) is 8.09. The van der Waals surface area contributed by atoms with Crippen molar-refractivity contribution in [3.8, 4) is 10.8 Å². The van der Waals surface area contributed by atoms with E-state index in [9.17, 15) is 9.59 Å². The summed E-state index contributed by atoms with van der Waals surface area (Å²) in [5, 5.41) is 2.49. The van der Waals surface area contributed by atoms with Crippen molar-refractivity contribution in [3.63, 3.8) is 0 Å². The Hall–Kier alpha value is -2.44. The number of ketones is 1. The van der Waals surface area contributed by atoms with E-state index in [1.807, 2.05) is 17.5 Å². The molecule has 0 fully saturated rings. The summed E-state index contributed by atoms with van der Waals surface area (Å²) in [5.74, 6) is -0.0861. The molecule has 5 nitrogen and oxygen atoms in total. The van der Waals surface area contributed by atoms with Crippen molar-refractivity contribution in [2.24, 2.45) is 0 Å². The lowest BCUT2D eigenvalue weighted by molar-refractivity contribution is -0.145. The first-order valence-electron chi connectivity index (χ1n) is 7.54. The molecular weight excluding hydrogens is 362 g/mol. The van der Waals surface area contributed by atoms with E-state index in [2.05, 4.69) is 4.98 Å². The largest absolute Gasteiger partial charge is 0.459 e. The molecule has 0 N–H and O–H groups in total. The molecule has 0 aliphatic carbocycles. The average Bonchev–Trinajstić information content (AvgIpc) is 3.29. The lowest BCUT2D eigenvalue weighted by Crippen LogP contribution is -2.08. The number of esters is 1. The Bertz CT molecular complexity index is 856. The van der Waals surface area contributed by atoms with Crippen molar-refractivity contribution >= 4 is 34.7 Å². The lowest BCUT2D eigenvalue weighted by Gasteiger charge is -2.03. The minimum Gasteiger partial charge on any atom is -0.459 e. The van der Waals surface area contributed by atoms with E-state index < -0.39 is 5.97 Å². The van der Waals surface area contributed by atoms with Crippen LogP contribution in [0.5, 0.6) is 0 Å². The SMILES string of the molecule is O=C(CCC(=O)c1ccc(Cl)cc1)OCc1coc(-c2cccs2)n1. The summed E-state index contributed by atoms with van der Waals surface area (Å²) in [7, 11) is 0. The second-order valence-electron chi connectivity index (χ2n) is 5.21. The van der Waals surface area contributed by atoms with Gasteiger partial charge in [-0.2, -0.15) is 0 Å². The van der Waals surface area contributed by atoms with E-state index in [1.165, 1.54) is 17.6 Å². The smallest absolute Gasteiger partial charge is 0.306 e. The highest BCUT2D eigenvalue weighted by molar-refractivity contribution is 7.13. The van der Waals surface area contributed by atoms with Gasteiger partial charge in [-0.05, 0) is 35.7 Å². The zero-order chi connectivity index (χ0) is 17.6. The molecule has 0 unspecified atom stereocenters. The van der Waals surface area contributed by atoms with Gasteiger partial charge in [0.2, 0.25) is 5.89 Å². The molecule has 2 heterocycles. The zero-order valence-corrected chi connectivity index (χ0v) is 14.7. The number of carbonyl (C=O) groups excluding carboxylic acids is 2. The van der Waals surface area contributed by atoms with Crippen LogP contribution < -0.4 is 0 Å². The summed E-state index contributed by atoms with van der Waals surface area (Å²) in [4.78, 5) is 29.0. The fraction of sp³-hybridized carbons (Fsp3) is 0.167. The topological polar surface area (TPSA) is 69.4 Å². The van der Waals surface area contributed by atoms with Gasteiger partial charge >= 0.3 is 5.97 Å². The quantitative estimate of drug-likeness (QED) is 0.439. The molecule has 0 spiro atoms. The Morgan fingerprint density at radius 3 is 2.68 bits per heavy atom. The number of aromatic nitrogens is 1. The average molecular weight is 376 g/mol. The van der Waals surface area contributed by atoms with Crippen LogP contribution in [0.1, 0.15) is 28.9 Å². The summed E-state index contributed by atoms with van der Waals surface area (Å²) in [6, 6.07) is 10.4. The molecular formula is C18H14ClNO4S. The highest BCUT2D eigenvalue weighted by atomic mass is 35.5. The number of ether oxygens (including phenoxy) is 1. The van der Waals surface area contributed by atoms with Gasteiger partial charge in [0.15, 0.2) is 5.78 Å². The van der Waals surface area contributed by atoms with Crippen LogP contribution in [0.15, 0.2) is 52.5 Å². The first kappa shape index (κ1) is 17.4. The Morgan fingerprint density at radius 2 is 1.96 bits per heavy atom. The van der Waals surface area contributed by atoms with Gasteiger partial charge < -0.3 is 9.15 Å². The Morgan fingerprint density at radius 1 is 1.16 bits per heavy atom. The number of halogens is 1. The van der Waals surface area contributed by atoms with Crippen LogP contribution in [0.2, 0.25) is 5.02 Å². The Labute approximate surface area is 153 Å². The van der Waals surface area contributed by atoms with Crippen LogP contribution >= 0.6 is 22.9 Å².